The van der Waals surface area contributed by atoms with Crippen molar-refractivity contribution in [3.8, 4) is 23.0 Å². The standard InChI is InChI=1S/C21H23N3O4/c1-4-26-18-11-10-17(12-19(18)27-5-2)14(3)23-20(25)15-6-8-16(9-7-15)21-24-22-13-28-21/h6-14H,4-5H2,1-3H3,(H,23,25)/t14-/m0/s1. The van der Waals surface area contributed by atoms with Crippen LogP contribution in [0.3, 0.4) is 0 Å². The topological polar surface area (TPSA) is 86.5 Å². The van der Waals surface area contributed by atoms with Gasteiger partial charge in [0.1, 0.15) is 0 Å². The third-order valence-corrected chi connectivity index (χ3v) is 4.17. The highest BCUT2D eigenvalue weighted by molar-refractivity contribution is 5.94. The Kier molecular flexibility index (Phi) is 6.26. The van der Waals surface area contributed by atoms with Crippen molar-refractivity contribution in [2.75, 3.05) is 13.2 Å². The number of carbonyl (C=O) groups is 1. The zero-order chi connectivity index (χ0) is 19.9. The molecule has 146 valence electrons. The molecule has 3 aromatic rings. The van der Waals surface area contributed by atoms with E-state index in [4.69, 9.17) is 13.9 Å². The van der Waals surface area contributed by atoms with E-state index >= 15 is 0 Å². The summed E-state index contributed by atoms with van der Waals surface area (Å²) in [7, 11) is 0. The first-order valence-electron chi connectivity index (χ1n) is 9.19. The number of carbonyl (C=O) groups excluding carboxylic acids is 1. The van der Waals surface area contributed by atoms with Crippen LogP contribution in [-0.2, 0) is 0 Å². The molecule has 1 amide bonds. The lowest BCUT2D eigenvalue weighted by atomic mass is 10.1. The summed E-state index contributed by atoms with van der Waals surface area (Å²) in [6, 6.07) is 12.5. The van der Waals surface area contributed by atoms with Crippen molar-refractivity contribution in [2.45, 2.75) is 26.8 Å². The van der Waals surface area contributed by atoms with Crippen LogP contribution in [0.4, 0.5) is 0 Å². The van der Waals surface area contributed by atoms with Gasteiger partial charge in [0.25, 0.3) is 5.91 Å². The van der Waals surface area contributed by atoms with Crippen molar-refractivity contribution < 1.29 is 18.7 Å². The highest BCUT2D eigenvalue weighted by Gasteiger charge is 2.15. The second-order valence-corrected chi connectivity index (χ2v) is 6.09. The molecule has 1 aromatic heterocycles. The predicted molar refractivity (Wildman–Crippen MR) is 104 cm³/mol. The molecule has 0 radical (unpaired) electrons. The van der Waals surface area contributed by atoms with E-state index in [0.717, 1.165) is 11.1 Å². The molecule has 1 heterocycles. The molecule has 1 atom stereocenters. The van der Waals surface area contributed by atoms with Crippen molar-refractivity contribution in [3.05, 3.63) is 60.0 Å². The Balaban J connectivity index is 1.70. The van der Waals surface area contributed by atoms with E-state index in [1.54, 1.807) is 24.3 Å². The molecule has 7 heteroatoms. The first kappa shape index (κ1) is 19.4. The number of nitrogens with zero attached hydrogens (tertiary/aromatic N) is 2. The van der Waals surface area contributed by atoms with Crippen LogP contribution in [0.15, 0.2) is 53.3 Å². The Morgan fingerprint density at radius 2 is 1.79 bits per heavy atom. The number of hydrogen-bond acceptors (Lipinski definition) is 6. The van der Waals surface area contributed by atoms with Gasteiger partial charge in [-0.1, -0.05) is 6.07 Å². The van der Waals surface area contributed by atoms with Gasteiger partial charge in [-0.2, -0.15) is 0 Å². The van der Waals surface area contributed by atoms with Gasteiger partial charge in [-0.05, 0) is 62.7 Å². The molecule has 0 unspecified atom stereocenters. The Morgan fingerprint density at radius 1 is 1.07 bits per heavy atom. The van der Waals surface area contributed by atoms with E-state index in [1.165, 1.54) is 6.39 Å². The van der Waals surface area contributed by atoms with Gasteiger partial charge in [0.15, 0.2) is 11.5 Å². The van der Waals surface area contributed by atoms with Crippen LogP contribution in [0, 0.1) is 0 Å². The van der Waals surface area contributed by atoms with Crippen LogP contribution in [0.2, 0.25) is 0 Å². The Morgan fingerprint density at radius 3 is 2.43 bits per heavy atom. The van der Waals surface area contributed by atoms with Crippen molar-refractivity contribution in [1.82, 2.24) is 15.5 Å². The molecule has 3 rings (SSSR count). The SMILES string of the molecule is CCOc1ccc([C@H](C)NC(=O)c2ccc(-c3nnco3)cc2)cc1OCC. The van der Waals surface area contributed by atoms with E-state index < -0.39 is 0 Å². The number of aromatic nitrogens is 2. The average molecular weight is 381 g/mol. The third-order valence-electron chi connectivity index (χ3n) is 4.17. The van der Waals surface area contributed by atoms with Crippen molar-refractivity contribution in [2.24, 2.45) is 0 Å². The van der Waals surface area contributed by atoms with Gasteiger partial charge in [0, 0.05) is 11.1 Å². The fourth-order valence-electron chi connectivity index (χ4n) is 2.76. The predicted octanol–water partition coefficient (Wildman–Crippen LogP) is 4.03. The summed E-state index contributed by atoms with van der Waals surface area (Å²) in [5.41, 5.74) is 2.24. The molecular formula is C21H23N3O4. The molecule has 0 bridgehead atoms. The third kappa shape index (κ3) is 4.49. The lowest BCUT2D eigenvalue weighted by molar-refractivity contribution is 0.0940. The summed E-state index contributed by atoms with van der Waals surface area (Å²) >= 11 is 0. The Labute approximate surface area is 163 Å². The van der Waals surface area contributed by atoms with E-state index in [-0.39, 0.29) is 11.9 Å². The van der Waals surface area contributed by atoms with Crippen LogP contribution in [0.25, 0.3) is 11.5 Å². The van der Waals surface area contributed by atoms with Crippen LogP contribution in [-0.4, -0.2) is 29.3 Å². The number of nitrogens with one attached hydrogen (secondary N) is 1. The largest absolute Gasteiger partial charge is 0.490 e. The number of ether oxygens (including phenoxy) is 2. The number of benzene rings is 2. The molecule has 2 aromatic carbocycles. The van der Waals surface area contributed by atoms with E-state index in [1.807, 2.05) is 39.0 Å². The minimum Gasteiger partial charge on any atom is -0.490 e. The molecular weight excluding hydrogens is 358 g/mol. The summed E-state index contributed by atoms with van der Waals surface area (Å²) in [5, 5.41) is 10.5. The number of hydrogen-bond donors (Lipinski definition) is 1. The van der Waals surface area contributed by atoms with Crippen LogP contribution >= 0.6 is 0 Å². The molecule has 1 N–H and O–H groups in total. The van der Waals surface area contributed by atoms with Gasteiger partial charge >= 0.3 is 0 Å². The van der Waals surface area contributed by atoms with Gasteiger partial charge in [-0.25, -0.2) is 0 Å². The Bertz CT molecular complexity index is 908. The van der Waals surface area contributed by atoms with Gasteiger partial charge in [-0.15, -0.1) is 10.2 Å². The highest BCUT2D eigenvalue weighted by Crippen LogP contribution is 2.30. The zero-order valence-corrected chi connectivity index (χ0v) is 16.1. The summed E-state index contributed by atoms with van der Waals surface area (Å²) in [6.07, 6.45) is 1.27. The molecule has 0 aliphatic heterocycles. The maximum atomic E-state index is 12.6. The fraction of sp³-hybridized carbons (Fsp3) is 0.286. The van der Waals surface area contributed by atoms with E-state index in [2.05, 4.69) is 15.5 Å². The Hall–Kier alpha value is -3.35. The molecule has 0 saturated carbocycles. The summed E-state index contributed by atoms with van der Waals surface area (Å²) in [5.74, 6) is 1.62. The molecule has 0 spiro atoms. The normalized spacial score (nSPS) is 11.7. The monoisotopic (exact) mass is 381 g/mol. The van der Waals surface area contributed by atoms with E-state index in [9.17, 15) is 4.79 Å². The summed E-state index contributed by atoms with van der Waals surface area (Å²) < 4.78 is 16.4. The second-order valence-electron chi connectivity index (χ2n) is 6.09. The van der Waals surface area contributed by atoms with Crippen molar-refractivity contribution >= 4 is 5.91 Å². The molecule has 0 aliphatic rings. The van der Waals surface area contributed by atoms with Crippen LogP contribution in [0.1, 0.15) is 42.7 Å². The minimum atomic E-state index is -0.196. The first-order valence-corrected chi connectivity index (χ1v) is 9.19. The maximum Gasteiger partial charge on any atom is 0.251 e. The fourth-order valence-corrected chi connectivity index (χ4v) is 2.76. The summed E-state index contributed by atoms with van der Waals surface area (Å²) in [4.78, 5) is 12.6. The van der Waals surface area contributed by atoms with Gasteiger partial charge in [0.2, 0.25) is 12.3 Å². The van der Waals surface area contributed by atoms with Crippen molar-refractivity contribution in [1.29, 1.82) is 0 Å². The van der Waals surface area contributed by atoms with Crippen molar-refractivity contribution in [3.63, 3.8) is 0 Å². The number of amides is 1. The first-order chi connectivity index (χ1) is 13.6. The smallest absolute Gasteiger partial charge is 0.251 e. The van der Waals surface area contributed by atoms with Crippen LogP contribution < -0.4 is 14.8 Å². The zero-order valence-electron chi connectivity index (χ0n) is 16.1. The lowest BCUT2D eigenvalue weighted by Gasteiger charge is -2.17. The van der Waals surface area contributed by atoms with Crippen LogP contribution in [0.5, 0.6) is 11.5 Å². The number of rotatable bonds is 8. The molecule has 0 saturated heterocycles. The van der Waals surface area contributed by atoms with Gasteiger partial charge < -0.3 is 19.2 Å². The molecule has 28 heavy (non-hydrogen) atoms. The minimum absolute atomic E-state index is 0.170. The maximum absolute atomic E-state index is 12.6. The highest BCUT2D eigenvalue weighted by atomic mass is 16.5. The lowest BCUT2D eigenvalue weighted by Crippen LogP contribution is -2.26. The van der Waals surface area contributed by atoms with E-state index in [0.29, 0.717) is 36.2 Å². The molecule has 0 fully saturated rings. The van der Waals surface area contributed by atoms with Gasteiger partial charge in [-0.3, -0.25) is 4.79 Å². The van der Waals surface area contributed by atoms with Gasteiger partial charge in [0.05, 0.1) is 19.3 Å². The summed E-state index contributed by atoms with van der Waals surface area (Å²) in [6.45, 7) is 6.87. The second kappa shape index (κ2) is 9.03. The molecule has 7 nitrogen and oxygen atoms in total. The molecule has 0 aliphatic carbocycles. The average Bonchev–Trinajstić information content (AvgIpc) is 3.24. The quantitative estimate of drug-likeness (QED) is 0.634.